The third-order valence-corrected chi connectivity index (χ3v) is 5.17. The number of benzene rings is 2. The Morgan fingerprint density at radius 1 is 1.19 bits per heavy atom. The third-order valence-electron chi connectivity index (χ3n) is 5.17. The van der Waals surface area contributed by atoms with E-state index in [0.717, 1.165) is 4.90 Å². The number of hydrogen-bond acceptors (Lipinski definition) is 8. The number of hydrogen-bond donors (Lipinski definition) is 1. The molecule has 0 saturated carbocycles. The molecule has 1 aliphatic rings. The van der Waals surface area contributed by atoms with E-state index in [1.54, 1.807) is 6.07 Å². The van der Waals surface area contributed by atoms with Gasteiger partial charge < -0.3 is 19.2 Å². The number of imide groups is 1. The number of nitro groups is 1. The van der Waals surface area contributed by atoms with Crippen molar-refractivity contribution in [3.05, 3.63) is 98.9 Å². The predicted octanol–water partition coefficient (Wildman–Crippen LogP) is 3.79. The zero-order valence-electron chi connectivity index (χ0n) is 18.7. The molecule has 1 aliphatic heterocycles. The van der Waals surface area contributed by atoms with Crippen molar-refractivity contribution in [2.45, 2.75) is 13.2 Å². The van der Waals surface area contributed by atoms with E-state index in [1.807, 2.05) is 0 Å². The smallest absolute Gasteiger partial charge is 0.373 e. The van der Waals surface area contributed by atoms with Crippen LogP contribution in [0.4, 0.5) is 14.9 Å². The molecule has 3 aromatic rings. The summed E-state index contributed by atoms with van der Waals surface area (Å²) in [5.74, 6) is -1.74. The van der Waals surface area contributed by atoms with Gasteiger partial charge in [-0.3, -0.25) is 19.8 Å². The second kappa shape index (κ2) is 10.1. The number of esters is 1. The molecule has 1 aromatic heterocycles. The van der Waals surface area contributed by atoms with Gasteiger partial charge in [0.2, 0.25) is 5.76 Å². The molecule has 0 atom stereocenters. The molecule has 184 valence electrons. The highest BCUT2D eigenvalue weighted by Crippen LogP contribution is 2.29. The highest BCUT2D eigenvalue weighted by atomic mass is 19.1. The van der Waals surface area contributed by atoms with E-state index in [2.05, 4.69) is 10.1 Å². The zero-order chi connectivity index (χ0) is 25.8. The molecule has 0 bridgehead atoms. The number of methoxy groups -OCH3 is 1. The maximum atomic E-state index is 14.0. The Labute approximate surface area is 202 Å². The summed E-state index contributed by atoms with van der Waals surface area (Å²) < 4.78 is 29.5. The highest BCUT2D eigenvalue weighted by molar-refractivity contribution is 6.14. The van der Waals surface area contributed by atoms with Crippen molar-refractivity contribution >= 4 is 29.7 Å². The van der Waals surface area contributed by atoms with Crippen LogP contribution in [-0.2, 0) is 22.7 Å². The summed E-state index contributed by atoms with van der Waals surface area (Å²) in [6.07, 6.45) is 1.23. The SMILES string of the molecule is COC(=O)c1ccc(CN2C(=O)NC(=Cc3cc([N+](=O)[O-])ccc3OCc3ccccc3F)C2=O)o1. The number of furan rings is 1. The van der Waals surface area contributed by atoms with Crippen LogP contribution in [0.25, 0.3) is 6.08 Å². The van der Waals surface area contributed by atoms with Gasteiger partial charge in [-0.05, 0) is 30.3 Å². The van der Waals surface area contributed by atoms with E-state index in [1.165, 1.54) is 61.7 Å². The van der Waals surface area contributed by atoms with Gasteiger partial charge in [0, 0.05) is 23.3 Å². The molecular formula is C24H18FN3O8. The number of nitrogens with one attached hydrogen (secondary N) is 1. The quantitative estimate of drug-likeness (QED) is 0.164. The van der Waals surface area contributed by atoms with Crippen LogP contribution in [0.3, 0.4) is 0 Å². The standard InChI is InChI=1S/C24H18FN3O8/c1-34-23(30)21-9-7-17(36-21)12-27-22(29)19(26-24(27)31)11-15-10-16(28(32)33)6-8-20(15)35-13-14-4-2-3-5-18(14)25/h2-11H,12-13H2,1H3,(H,26,31). The first-order valence-corrected chi connectivity index (χ1v) is 10.4. The molecule has 1 N–H and O–H groups in total. The molecule has 2 heterocycles. The monoisotopic (exact) mass is 495 g/mol. The zero-order valence-corrected chi connectivity index (χ0v) is 18.7. The maximum Gasteiger partial charge on any atom is 0.373 e. The molecule has 11 nitrogen and oxygen atoms in total. The van der Waals surface area contributed by atoms with Gasteiger partial charge in [-0.15, -0.1) is 0 Å². The van der Waals surface area contributed by atoms with E-state index in [4.69, 9.17) is 9.15 Å². The summed E-state index contributed by atoms with van der Waals surface area (Å²) in [7, 11) is 1.18. The lowest BCUT2D eigenvalue weighted by Gasteiger charge is -2.11. The van der Waals surface area contributed by atoms with E-state index in [-0.39, 0.29) is 52.9 Å². The molecule has 3 amide bonds. The number of nitro benzene ring substituents is 1. The number of carbonyl (C=O) groups excluding carboxylic acids is 3. The van der Waals surface area contributed by atoms with Gasteiger partial charge >= 0.3 is 12.0 Å². The van der Waals surface area contributed by atoms with E-state index in [0.29, 0.717) is 0 Å². The summed E-state index contributed by atoms with van der Waals surface area (Å²) in [4.78, 5) is 48.4. The molecule has 12 heteroatoms. The van der Waals surface area contributed by atoms with Crippen molar-refractivity contribution in [3.63, 3.8) is 0 Å². The van der Waals surface area contributed by atoms with Crippen LogP contribution in [0.15, 0.2) is 64.7 Å². The molecule has 0 radical (unpaired) electrons. The van der Waals surface area contributed by atoms with Crippen LogP contribution in [0, 0.1) is 15.9 Å². The molecule has 0 aliphatic carbocycles. The minimum absolute atomic E-state index is 0.0939. The van der Waals surface area contributed by atoms with Crippen LogP contribution >= 0.6 is 0 Å². The summed E-state index contributed by atoms with van der Waals surface area (Å²) in [6.45, 7) is -0.446. The average molecular weight is 495 g/mol. The van der Waals surface area contributed by atoms with Crippen LogP contribution in [0.5, 0.6) is 5.75 Å². The highest BCUT2D eigenvalue weighted by Gasteiger charge is 2.34. The van der Waals surface area contributed by atoms with Crippen LogP contribution in [0.1, 0.15) is 27.4 Å². The van der Waals surface area contributed by atoms with Crippen LogP contribution in [-0.4, -0.2) is 34.8 Å². The first-order chi connectivity index (χ1) is 17.3. The fourth-order valence-corrected chi connectivity index (χ4v) is 3.36. The van der Waals surface area contributed by atoms with Crippen molar-refractivity contribution in [2.75, 3.05) is 7.11 Å². The number of carbonyl (C=O) groups is 3. The van der Waals surface area contributed by atoms with E-state index >= 15 is 0 Å². The number of ether oxygens (including phenoxy) is 2. The lowest BCUT2D eigenvalue weighted by Crippen LogP contribution is -2.30. The number of urea groups is 1. The van der Waals surface area contributed by atoms with E-state index in [9.17, 15) is 28.9 Å². The van der Waals surface area contributed by atoms with Crippen LogP contribution < -0.4 is 10.1 Å². The fourth-order valence-electron chi connectivity index (χ4n) is 3.36. The van der Waals surface area contributed by atoms with Crippen molar-refractivity contribution in [1.82, 2.24) is 10.2 Å². The minimum Gasteiger partial charge on any atom is -0.488 e. The molecule has 36 heavy (non-hydrogen) atoms. The number of halogens is 1. The van der Waals surface area contributed by atoms with Gasteiger partial charge in [0.1, 0.15) is 29.6 Å². The normalized spacial score (nSPS) is 14.2. The molecule has 2 aromatic carbocycles. The summed E-state index contributed by atoms with van der Waals surface area (Å²) in [5.41, 5.74) is -0.0664. The Balaban J connectivity index is 1.58. The summed E-state index contributed by atoms with van der Waals surface area (Å²) in [5, 5.41) is 13.7. The summed E-state index contributed by atoms with van der Waals surface area (Å²) in [6, 6.07) is 11.7. The Morgan fingerprint density at radius 3 is 2.69 bits per heavy atom. The summed E-state index contributed by atoms with van der Waals surface area (Å²) >= 11 is 0. The Bertz CT molecular complexity index is 1400. The van der Waals surface area contributed by atoms with Gasteiger partial charge in [-0.2, -0.15) is 0 Å². The molecule has 0 unspecified atom stereocenters. The topological polar surface area (TPSA) is 141 Å². The van der Waals surface area contributed by atoms with Gasteiger partial charge in [0.05, 0.1) is 18.6 Å². The largest absolute Gasteiger partial charge is 0.488 e. The molecule has 4 rings (SSSR count). The fraction of sp³-hybridized carbons (Fsp3) is 0.125. The van der Waals surface area contributed by atoms with Crippen molar-refractivity contribution < 1.29 is 37.6 Å². The predicted molar refractivity (Wildman–Crippen MR) is 121 cm³/mol. The van der Waals surface area contributed by atoms with Crippen molar-refractivity contribution in [2.24, 2.45) is 0 Å². The Kier molecular flexibility index (Phi) is 6.77. The van der Waals surface area contributed by atoms with Gasteiger partial charge in [0.15, 0.2) is 0 Å². The van der Waals surface area contributed by atoms with Gasteiger partial charge in [-0.25, -0.2) is 14.0 Å². The third kappa shape index (κ3) is 5.06. The molecule has 1 saturated heterocycles. The second-order valence-electron chi connectivity index (χ2n) is 7.50. The maximum absolute atomic E-state index is 14.0. The second-order valence-corrected chi connectivity index (χ2v) is 7.50. The number of rotatable bonds is 8. The average Bonchev–Trinajstić information content (AvgIpc) is 3.44. The Morgan fingerprint density at radius 2 is 1.97 bits per heavy atom. The lowest BCUT2D eigenvalue weighted by molar-refractivity contribution is -0.384. The first kappa shape index (κ1) is 24.1. The Hall–Kier alpha value is -5.00. The molecular weight excluding hydrogens is 477 g/mol. The minimum atomic E-state index is -0.762. The van der Waals surface area contributed by atoms with Crippen LogP contribution in [0.2, 0.25) is 0 Å². The van der Waals surface area contributed by atoms with E-state index < -0.39 is 28.6 Å². The van der Waals surface area contributed by atoms with Crippen molar-refractivity contribution in [1.29, 1.82) is 0 Å². The van der Waals surface area contributed by atoms with Crippen molar-refractivity contribution in [3.8, 4) is 5.75 Å². The molecule has 0 spiro atoms. The van der Waals surface area contributed by atoms with Gasteiger partial charge in [-0.1, -0.05) is 18.2 Å². The number of nitrogens with zero attached hydrogens (tertiary/aromatic N) is 2. The first-order valence-electron chi connectivity index (χ1n) is 10.4. The number of amides is 3. The van der Waals surface area contributed by atoms with Gasteiger partial charge in [0.25, 0.3) is 11.6 Å². The number of non-ortho nitro benzene ring substituents is 1. The molecule has 1 fully saturated rings. The lowest BCUT2D eigenvalue weighted by atomic mass is 10.1.